The van der Waals surface area contributed by atoms with Gasteiger partial charge in [0, 0.05) is 29.1 Å². The lowest BCUT2D eigenvalue weighted by molar-refractivity contribution is 0.0929. The summed E-state index contributed by atoms with van der Waals surface area (Å²) >= 11 is 0. The molecule has 1 atom stereocenters. The number of carbonyl (C=O) groups excluding carboxylic acids is 1. The molecule has 2 heterocycles. The lowest BCUT2D eigenvalue weighted by atomic mass is 9.92. The molecule has 1 amide bonds. The van der Waals surface area contributed by atoms with Crippen LogP contribution in [-0.2, 0) is 12.8 Å². The number of nitrogens with one attached hydrogen (secondary N) is 3. The van der Waals surface area contributed by atoms with Crippen LogP contribution in [0.3, 0.4) is 0 Å². The van der Waals surface area contributed by atoms with Crippen LogP contribution in [0, 0.1) is 0 Å². The number of aromatic nitrogens is 3. The number of ether oxygens (including phenoxy) is 1. The third-order valence-electron chi connectivity index (χ3n) is 4.58. The molecule has 0 saturated carbocycles. The maximum atomic E-state index is 12.6. The van der Waals surface area contributed by atoms with Crippen LogP contribution in [-0.4, -0.2) is 34.2 Å². The fraction of sp³-hybridized carbons (Fsp3) is 0.278. The van der Waals surface area contributed by atoms with Crippen molar-refractivity contribution in [1.29, 1.82) is 0 Å². The first-order valence-corrected chi connectivity index (χ1v) is 8.17. The molecule has 7 heteroatoms. The van der Waals surface area contributed by atoms with E-state index in [2.05, 4.69) is 20.5 Å². The summed E-state index contributed by atoms with van der Waals surface area (Å²) in [6, 6.07) is 9.02. The number of H-pyrrole nitrogens is 2. The highest BCUT2D eigenvalue weighted by molar-refractivity contribution is 5.98. The number of fused-ring (bicyclic) bond motifs is 2. The van der Waals surface area contributed by atoms with Gasteiger partial charge >= 0.3 is 0 Å². The number of benzene rings is 1. The maximum absolute atomic E-state index is 12.6. The molecule has 0 aliphatic heterocycles. The molecular formula is C18H18N4O3. The molecule has 3 aromatic rings. The third-order valence-corrected chi connectivity index (χ3v) is 4.58. The Bertz CT molecular complexity index is 1000. The summed E-state index contributed by atoms with van der Waals surface area (Å²) < 4.78 is 5.20. The molecule has 1 aliphatic carbocycles. The van der Waals surface area contributed by atoms with Gasteiger partial charge < -0.3 is 15.0 Å². The zero-order chi connectivity index (χ0) is 17.4. The molecule has 0 saturated heterocycles. The average molecular weight is 338 g/mol. The maximum Gasteiger partial charge on any atom is 0.267 e. The normalized spacial score (nSPS) is 16.4. The molecule has 0 unspecified atom stereocenters. The minimum absolute atomic E-state index is 0.00968. The van der Waals surface area contributed by atoms with Crippen LogP contribution in [0.15, 0.2) is 35.1 Å². The summed E-state index contributed by atoms with van der Waals surface area (Å²) in [5.74, 6) is 0.587. The first-order chi connectivity index (χ1) is 12.1. The fourth-order valence-corrected chi connectivity index (χ4v) is 3.28. The first-order valence-electron chi connectivity index (χ1n) is 8.17. The second-order valence-corrected chi connectivity index (χ2v) is 6.25. The molecule has 1 aromatic carbocycles. The van der Waals surface area contributed by atoms with Crippen LogP contribution in [0.25, 0.3) is 10.9 Å². The largest absolute Gasteiger partial charge is 0.497 e. The van der Waals surface area contributed by atoms with E-state index in [1.54, 1.807) is 13.2 Å². The van der Waals surface area contributed by atoms with Crippen LogP contribution >= 0.6 is 0 Å². The number of aromatic amines is 2. The fourth-order valence-electron chi connectivity index (χ4n) is 3.28. The van der Waals surface area contributed by atoms with E-state index in [0.717, 1.165) is 40.8 Å². The number of nitrogens with zero attached hydrogens (tertiary/aromatic N) is 1. The minimum atomic E-state index is -0.213. The van der Waals surface area contributed by atoms with Crippen molar-refractivity contribution in [3.05, 3.63) is 57.6 Å². The van der Waals surface area contributed by atoms with Gasteiger partial charge in [0.25, 0.3) is 11.5 Å². The van der Waals surface area contributed by atoms with E-state index in [0.29, 0.717) is 12.1 Å². The number of amides is 1. The predicted molar refractivity (Wildman–Crippen MR) is 93.0 cm³/mol. The quantitative estimate of drug-likeness (QED) is 0.674. The number of aryl methyl sites for hydroxylation is 1. The molecule has 25 heavy (non-hydrogen) atoms. The molecule has 7 nitrogen and oxygen atoms in total. The summed E-state index contributed by atoms with van der Waals surface area (Å²) in [4.78, 5) is 27.1. The third kappa shape index (κ3) is 3.00. The number of rotatable bonds is 3. The van der Waals surface area contributed by atoms with Gasteiger partial charge in [-0.05, 0) is 43.0 Å². The Morgan fingerprint density at radius 2 is 2.20 bits per heavy atom. The van der Waals surface area contributed by atoms with Gasteiger partial charge in [-0.15, -0.1) is 0 Å². The zero-order valence-electron chi connectivity index (χ0n) is 13.8. The van der Waals surface area contributed by atoms with Crippen molar-refractivity contribution in [2.75, 3.05) is 7.11 Å². The molecule has 4 rings (SSSR count). The SMILES string of the molecule is COc1ccc2cc(C(=O)N[C@H]3CCc4n[nH]c(=O)cc4C3)[nH]c2c1. The zero-order valence-corrected chi connectivity index (χ0v) is 13.8. The molecule has 2 aromatic heterocycles. The van der Waals surface area contributed by atoms with Crippen LogP contribution in [0.4, 0.5) is 0 Å². The van der Waals surface area contributed by atoms with Crippen LogP contribution in [0.2, 0.25) is 0 Å². The summed E-state index contributed by atoms with van der Waals surface area (Å²) in [5, 5.41) is 10.5. The van der Waals surface area contributed by atoms with Crippen molar-refractivity contribution in [2.24, 2.45) is 0 Å². The van der Waals surface area contributed by atoms with Crippen molar-refractivity contribution in [3.63, 3.8) is 0 Å². The van der Waals surface area contributed by atoms with E-state index >= 15 is 0 Å². The van der Waals surface area contributed by atoms with Crippen molar-refractivity contribution < 1.29 is 9.53 Å². The van der Waals surface area contributed by atoms with Crippen molar-refractivity contribution >= 4 is 16.8 Å². The Hall–Kier alpha value is -3.09. The summed E-state index contributed by atoms with van der Waals surface area (Å²) in [6.07, 6.45) is 2.15. The standard InChI is InChI=1S/C18H18N4O3/c1-25-13-4-2-10-7-16(20-15(10)9-13)18(24)19-12-3-5-14-11(6-12)8-17(23)22-21-14/h2,4,7-9,12,20H,3,5-6H2,1H3,(H,19,24)(H,22,23)/t12-/m0/s1. The summed E-state index contributed by atoms with van der Waals surface area (Å²) in [5.41, 5.74) is 2.96. The molecule has 0 spiro atoms. The van der Waals surface area contributed by atoms with E-state index in [9.17, 15) is 9.59 Å². The van der Waals surface area contributed by atoms with Gasteiger partial charge in [0.2, 0.25) is 0 Å². The molecule has 3 N–H and O–H groups in total. The van der Waals surface area contributed by atoms with Crippen molar-refractivity contribution in [1.82, 2.24) is 20.5 Å². The molecular weight excluding hydrogens is 320 g/mol. The van der Waals surface area contributed by atoms with Gasteiger partial charge in [-0.25, -0.2) is 5.10 Å². The smallest absolute Gasteiger partial charge is 0.267 e. The van der Waals surface area contributed by atoms with Gasteiger partial charge in [-0.3, -0.25) is 9.59 Å². The second-order valence-electron chi connectivity index (χ2n) is 6.25. The van der Waals surface area contributed by atoms with Crippen LogP contribution in [0.5, 0.6) is 5.75 Å². The lowest BCUT2D eigenvalue weighted by Crippen LogP contribution is -2.39. The van der Waals surface area contributed by atoms with Gasteiger partial charge in [-0.2, -0.15) is 5.10 Å². The minimum Gasteiger partial charge on any atom is -0.497 e. The highest BCUT2D eigenvalue weighted by atomic mass is 16.5. The van der Waals surface area contributed by atoms with Gasteiger partial charge in [0.15, 0.2) is 0 Å². The monoisotopic (exact) mass is 338 g/mol. The Morgan fingerprint density at radius 3 is 3.04 bits per heavy atom. The van der Waals surface area contributed by atoms with E-state index < -0.39 is 0 Å². The lowest BCUT2D eigenvalue weighted by Gasteiger charge is -2.24. The van der Waals surface area contributed by atoms with E-state index in [1.807, 2.05) is 24.3 Å². The Morgan fingerprint density at radius 1 is 1.32 bits per heavy atom. The molecule has 1 aliphatic rings. The predicted octanol–water partition coefficient (Wildman–Crippen LogP) is 1.55. The highest BCUT2D eigenvalue weighted by Crippen LogP contribution is 2.22. The first kappa shape index (κ1) is 15.4. The second kappa shape index (κ2) is 6.08. The summed E-state index contributed by atoms with van der Waals surface area (Å²) in [6.45, 7) is 0. The number of hydrogen-bond acceptors (Lipinski definition) is 4. The van der Waals surface area contributed by atoms with Crippen LogP contribution < -0.4 is 15.6 Å². The van der Waals surface area contributed by atoms with E-state index in [-0.39, 0.29) is 17.5 Å². The Kier molecular flexibility index (Phi) is 3.76. The number of methoxy groups -OCH3 is 1. The summed E-state index contributed by atoms with van der Waals surface area (Å²) in [7, 11) is 1.61. The number of hydrogen-bond donors (Lipinski definition) is 3. The van der Waals surface area contributed by atoms with Gasteiger partial charge in [0.05, 0.1) is 12.8 Å². The molecule has 0 fully saturated rings. The highest BCUT2D eigenvalue weighted by Gasteiger charge is 2.22. The number of carbonyl (C=O) groups is 1. The Balaban J connectivity index is 1.51. The van der Waals surface area contributed by atoms with Crippen LogP contribution in [0.1, 0.15) is 28.2 Å². The van der Waals surface area contributed by atoms with Gasteiger partial charge in [0.1, 0.15) is 11.4 Å². The topological polar surface area (TPSA) is 99.9 Å². The average Bonchev–Trinajstić information content (AvgIpc) is 3.04. The van der Waals surface area contributed by atoms with Crippen molar-refractivity contribution in [2.45, 2.75) is 25.3 Å². The van der Waals surface area contributed by atoms with Crippen molar-refractivity contribution in [3.8, 4) is 5.75 Å². The van der Waals surface area contributed by atoms with Gasteiger partial charge in [-0.1, -0.05) is 0 Å². The molecule has 128 valence electrons. The van der Waals surface area contributed by atoms with E-state index in [4.69, 9.17) is 4.74 Å². The van der Waals surface area contributed by atoms with E-state index in [1.165, 1.54) is 0 Å². The molecule has 0 radical (unpaired) electrons. The molecule has 0 bridgehead atoms. The Labute approximate surface area is 143 Å².